The monoisotopic (exact) mass is 258 g/mol. The summed E-state index contributed by atoms with van der Waals surface area (Å²) in [7, 11) is 0. The number of benzene rings is 1. The minimum absolute atomic E-state index is 0.157. The van der Waals surface area contributed by atoms with Gasteiger partial charge in [-0.25, -0.2) is 0 Å². The number of hydrogen-bond acceptors (Lipinski definition) is 3. The lowest BCUT2D eigenvalue weighted by Gasteiger charge is -2.10. The molecule has 2 aromatic rings. The highest BCUT2D eigenvalue weighted by Gasteiger charge is 2.09. The zero-order chi connectivity index (χ0) is 13.8. The molecular weight excluding hydrogens is 244 g/mol. The standard InChI is InChI=1S/C14H14N2O3/c1-9-3-4-12(15-10(2)17)7-13(9)16-14(18)11-5-6-19-8-11/h3-8H,1-2H3,(H,15,17)(H,16,18). The van der Waals surface area contributed by atoms with Crippen LogP contribution in [0, 0.1) is 6.92 Å². The summed E-state index contributed by atoms with van der Waals surface area (Å²) in [5.74, 6) is -0.409. The molecule has 98 valence electrons. The van der Waals surface area contributed by atoms with Gasteiger partial charge in [-0.3, -0.25) is 9.59 Å². The molecule has 0 bridgehead atoms. The zero-order valence-electron chi connectivity index (χ0n) is 10.7. The smallest absolute Gasteiger partial charge is 0.258 e. The van der Waals surface area contributed by atoms with E-state index in [9.17, 15) is 9.59 Å². The highest BCUT2D eigenvalue weighted by Crippen LogP contribution is 2.21. The minimum atomic E-state index is -0.253. The van der Waals surface area contributed by atoms with E-state index < -0.39 is 0 Å². The van der Waals surface area contributed by atoms with Crippen LogP contribution >= 0.6 is 0 Å². The molecular formula is C14H14N2O3. The predicted octanol–water partition coefficient (Wildman–Crippen LogP) is 2.80. The van der Waals surface area contributed by atoms with E-state index in [0.717, 1.165) is 5.56 Å². The van der Waals surface area contributed by atoms with Crippen molar-refractivity contribution < 1.29 is 14.0 Å². The van der Waals surface area contributed by atoms with Crippen molar-refractivity contribution in [3.8, 4) is 0 Å². The van der Waals surface area contributed by atoms with Crippen molar-refractivity contribution in [2.24, 2.45) is 0 Å². The van der Waals surface area contributed by atoms with Crippen LogP contribution in [0.2, 0.25) is 0 Å². The summed E-state index contributed by atoms with van der Waals surface area (Å²) in [5.41, 5.74) is 2.65. The van der Waals surface area contributed by atoms with E-state index in [1.807, 2.05) is 13.0 Å². The zero-order valence-corrected chi connectivity index (χ0v) is 10.7. The quantitative estimate of drug-likeness (QED) is 0.889. The van der Waals surface area contributed by atoms with Gasteiger partial charge >= 0.3 is 0 Å². The molecule has 0 spiro atoms. The van der Waals surface area contributed by atoms with E-state index in [-0.39, 0.29) is 11.8 Å². The van der Waals surface area contributed by atoms with E-state index in [1.165, 1.54) is 19.5 Å². The van der Waals surface area contributed by atoms with Gasteiger partial charge in [-0.15, -0.1) is 0 Å². The fourth-order valence-corrected chi connectivity index (χ4v) is 1.63. The first kappa shape index (κ1) is 12.9. The third kappa shape index (κ3) is 3.22. The van der Waals surface area contributed by atoms with Crippen LogP contribution in [-0.4, -0.2) is 11.8 Å². The van der Waals surface area contributed by atoms with Gasteiger partial charge in [0.05, 0.1) is 11.8 Å². The van der Waals surface area contributed by atoms with Crippen LogP contribution in [0.5, 0.6) is 0 Å². The Hall–Kier alpha value is -2.56. The molecule has 0 aliphatic heterocycles. The van der Waals surface area contributed by atoms with Gasteiger partial charge in [0.25, 0.3) is 5.91 Å². The van der Waals surface area contributed by atoms with Crippen molar-refractivity contribution in [3.63, 3.8) is 0 Å². The third-order valence-corrected chi connectivity index (χ3v) is 2.59. The van der Waals surface area contributed by atoms with Gasteiger partial charge in [-0.05, 0) is 30.7 Å². The summed E-state index contributed by atoms with van der Waals surface area (Å²) < 4.78 is 4.86. The summed E-state index contributed by atoms with van der Waals surface area (Å²) in [6.45, 7) is 3.31. The first-order valence-corrected chi connectivity index (χ1v) is 5.78. The molecule has 1 aromatic heterocycles. The number of anilines is 2. The molecule has 5 nitrogen and oxygen atoms in total. The van der Waals surface area contributed by atoms with Crippen molar-refractivity contribution in [1.82, 2.24) is 0 Å². The average Bonchev–Trinajstić information content (AvgIpc) is 2.86. The molecule has 1 aromatic carbocycles. The Labute approximate surface area is 110 Å². The number of carbonyl (C=O) groups excluding carboxylic acids is 2. The maximum atomic E-state index is 11.9. The van der Waals surface area contributed by atoms with Gasteiger partial charge < -0.3 is 15.1 Å². The molecule has 0 saturated heterocycles. The van der Waals surface area contributed by atoms with E-state index in [0.29, 0.717) is 16.9 Å². The van der Waals surface area contributed by atoms with Gasteiger partial charge in [0.15, 0.2) is 0 Å². The number of carbonyl (C=O) groups is 2. The van der Waals surface area contributed by atoms with Gasteiger partial charge in [-0.1, -0.05) is 6.07 Å². The molecule has 0 aliphatic carbocycles. The predicted molar refractivity (Wildman–Crippen MR) is 72.1 cm³/mol. The Kier molecular flexibility index (Phi) is 3.66. The number of aryl methyl sites for hydroxylation is 1. The van der Waals surface area contributed by atoms with Crippen molar-refractivity contribution in [1.29, 1.82) is 0 Å². The van der Waals surface area contributed by atoms with Gasteiger partial charge in [-0.2, -0.15) is 0 Å². The minimum Gasteiger partial charge on any atom is -0.472 e. The molecule has 0 unspecified atom stereocenters. The van der Waals surface area contributed by atoms with E-state index in [1.54, 1.807) is 18.2 Å². The second-order valence-corrected chi connectivity index (χ2v) is 4.18. The summed E-state index contributed by atoms with van der Waals surface area (Å²) >= 11 is 0. The van der Waals surface area contributed by atoms with Gasteiger partial charge in [0, 0.05) is 18.3 Å². The third-order valence-electron chi connectivity index (χ3n) is 2.59. The summed E-state index contributed by atoms with van der Waals surface area (Å²) in [6, 6.07) is 6.91. The van der Waals surface area contributed by atoms with Crippen LogP contribution in [0.3, 0.4) is 0 Å². The first-order valence-electron chi connectivity index (χ1n) is 5.78. The molecule has 0 aliphatic rings. The Morgan fingerprint density at radius 1 is 1.16 bits per heavy atom. The highest BCUT2D eigenvalue weighted by atomic mass is 16.3. The van der Waals surface area contributed by atoms with Crippen LogP contribution in [0.4, 0.5) is 11.4 Å². The van der Waals surface area contributed by atoms with Crippen LogP contribution in [0.1, 0.15) is 22.8 Å². The van der Waals surface area contributed by atoms with E-state index in [4.69, 9.17) is 4.42 Å². The van der Waals surface area contributed by atoms with Crippen molar-refractivity contribution in [3.05, 3.63) is 47.9 Å². The molecule has 2 N–H and O–H groups in total. The second kappa shape index (κ2) is 5.39. The van der Waals surface area contributed by atoms with Crippen LogP contribution in [0.25, 0.3) is 0 Å². The normalized spacial score (nSPS) is 10.0. The maximum absolute atomic E-state index is 11.9. The molecule has 0 saturated carbocycles. The topological polar surface area (TPSA) is 71.3 Å². The van der Waals surface area contributed by atoms with E-state index >= 15 is 0 Å². The summed E-state index contributed by atoms with van der Waals surface area (Å²) in [6.07, 6.45) is 2.82. The van der Waals surface area contributed by atoms with Gasteiger partial charge in [0.1, 0.15) is 6.26 Å². The van der Waals surface area contributed by atoms with Crippen molar-refractivity contribution >= 4 is 23.2 Å². The molecule has 19 heavy (non-hydrogen) atoms. The highest BCUT2D eigenvalue weighted by molar-refractivity contribution is 6.04. The average molecular weight is 258 g/mol. The number of amides is 2. The van der Waals surface area contributed by atoms with Crippen LogP contribution < -0.4 is 10.6 Å². The lowest BCUT2D eigenvalue weighted by molar-refractivity contribution is -0.114. The number of nitrogens with one attached hydrogen (secondary N) is 2. The van der Waals surface area contributed by atoms with Crippen molar-refractivity contribution in [2.45, 2.75) is 13.8 Å². The number of hydrogen-bond donors (Lipinski definition) is 2. The molecule has 2 amide bonds. The SMILES string of the molecule is CC(=O)Nc1ccc(C)c(NC(=O)c2ccoc2)c1. The summed E-state index contributed by atoms with van der Waals surface area (Å²) in [4.78, 5) is 22.9. The molecule has 0 atom stereocenters. The van der Waals surface area contributed by atoms with E-state index in [2.05, 4.69) is 10.6 Å². The largest absolute Gasteiger partial charge is 0.472 e. The Morgan fingerprint density at radius 2 is 1.95 bits per heavy atom. The molecule has 2 rings (SSSR count). The Bertz CT molecular complexity index is 603. The fourth-order valence-electron chi connectivity index (χ4n) is 1.63. The maximum Gasteiger partial charge on any atom is 0.258 e. The lowest BCUT2D eigenvalue weighted by Crippen LogP contribution is -2.12. The molecule has 0 radical (unpaired) electrons. The fraction of sp³-hybridized carbons (Fsp3) is 0.143. The van der Waals surface area contributed by atoms with Gasteiger partial charge in [0.2, 0.25) is 5.91 Å². The number of furan rings is 1. The second-order valence-electron chi connectivity index (χ2n) is 4.18. The first-order chi connectivity index (χ1) is 9.06. The number of rotatable bonds is 3. The Morgan fingerprint density at radius 3 is 2.58 bits per heavy atom. The molecule has 1 heterocycles. The van der Waals surface area contributed by atoms with Crippen LogP contribution in [-0.2, 0) is 4.79 Å². The lowest BCUT2D eigenvalue weighted by atomic mass is 10.1. The molecule has 5 heteroatoms. The van der Waals surface area contributed by atoms with Crippen LogP contribution in [0.15, 0.2) is 41.2 Å². The molecule has 0 fully saturated rings. The Balaban J connectivity index is 2.19. The summed E-state index contributed by atoms with van der Waals surface area (Å²) in [5, 5.41) is 5.45. The van der Waals surface area contributed by atoms with Crippen molar-refractivity contribution in [2.75, 3.05) is 10.6 Å².